The average Bonchev–Trinajstić information content (AvgIpc) is 3.19. The zero-order valence-electron chi connectivity index (χ0n) is 12.3. The molecular formula is C16H23N3O. The quantitative estimate of drug-likeness (QED) is 0.882. The molecule has 2 fully saturated rings. The summed E-state index contributed by atoms with van der Waals surface area (Å²) in [6, 6.07) is 6.92. The standard InChI is InChI=1S/C16H23N3O/c1-11-9-12(3-6-15(11)17-2)16(20)18-13-7-8-19(10-13)14-4-5-14/h3,6,9,13-14,17H,4-5,7-8,10H2,1-2H3,(H,18,20). The van der Waals surface area contributed by atoms with Crippen molar-refractivity contribution < 1.29 is 4.79 Å². The van der Waals surface area contributed by atoms with E-state index in [1.807, 2.05) is 32.2 Å². The number of benzene rings is 1. The van der Waals surface area contributed by atoms with Crippen molar-refractivity contribution in [1.29, 1.82) is 0 Å². The Hall–Kier alpha value is -1.55. The van der Waals surface area contributed by atoms with Gasteiger partial charge in [0.05, 0.1) is 0 Å². The number of amides is 1. The van der Waals surface area contributed by atoms with Gasteiger partial charge in [0.2, 0.25) is 0 Å². The highest BCUT2D eigenvalue weighted by Gasteiger charge is 2.34. The molecule has 0 radical (unpaired) electrons. The summed E-state index contributed by atoms with van der Waals surface area (Å²) >= 11 is 0. The van der Waals surface area contributed by atoms with Crippen LogP contribution in [0.3, 0.4) is 0 Å². The molecule has 2 aliphatic rings. The first-order valence-corrected chi connectivity index (χ1v) is 7.50. The SMILES string of the molecule is CNc1ccc(C(=O)NC2CCN(C3CC3)C2)cc1C. The van der Waals surface area contributed by atoms with E-state index in [0.29, 0.717) is 6.04 Å². The molecule has 3 rings (SSSR count). The van der Waals surface area contributed by atoms with Crippen molar-refractivity contribution in [2.75, 3.05) is 25.5 Å². The van der Waals surface area contributed by atoms with Gasteiger partial charge in [-0.05, 0) is 49.9 Å². The summed E-state index contributed by atoms with van der Waals surface area (Å²) in [5, 5.41) is 6.29. The first kappa shape index (κ1) is 13.4. The number of hydrogen-bond donors (Lipinski definition) is 2. The van der Waals surface area contributed by atoms with Crippen LogP contribution >= 0.6 is 0 Å². The lowest BCUT2D eigenvalue weighted by Gasteiger charge is -2.16. The molecule has 20 heavy (non-hydrogen) atoms. The van der Waals surface area contributed by atoms with Crippen molar-refractivity contribution in [3.05, 3.63) is 29.3 Å². The maximum Gasteiger partial charge on any atom is 0.251 e. The van der Waals surface area contributed by atoms with Gasteiger partial charge in [-0.3, -0.25) is 9.69 Å². The minimum atomic E-state index is 0.0541. The number of likely N-dealkylation sites (tertiary alicyclic amines) is 1. The number of hydrogen-bond acceptors (Lipinski definition) is 3. The minimum absolute atomic E-state index is 0.0541. The van der Waals surface area contributed by atoms with Crippen LogP contribution in [0.15, 0.2) is 18.2 Å². The number of rotatable bonds is 4. The fourth-order valence-electron chi connectivity index (χ4n) is 3.03. The second-order valence-electron chi connectivity index (χ2n) is 5.96. The Morgan fingerprint density at radius 1 is 1.30 bits per heavy atom. The fraction of sp³-hybridized carbons (Fsp3) is 0.562. The first-order chi connectivity index (χ1) is 9.67. The van der Waals surface area contributed by atoms with E-state index >= 15 is 0 Å². The molecule has 1 atom stereocenters. The highest BCUT2D eigenvalue weighted by Crippen LogP contribution is 2.29. The van der Waals surface area contributed by atoms with E-state index in [0.717, 1.165) is 42.4 Å². The van der Waals surface area contributed by atoms with Crippen molar-refractivity contribution in [3.63, 3.8) is 0 Å². The van der Waals surface area contributed by atoms with Gasteiger partial charge in [0.25, 0.3) is 5.91 Å². The number of nitrogens with one attached hydrogen (secondary N) is 2. The summed E-state index contributed by atoms with van der Waals surface area (Å²) in [4.78, 5) is 14.8. The third kappa shape index (κ3) is 2.80. The van der Waals surface area contributed by atoms with Gasteiger partial charge in [0.15, 0.2) is 0 Å². The molecule has 1 aliphatic heterocycles. The second-order valence-corrected chi connectivity index (χ2v) is 5.96. The van der Waals surface area contributed by atoms with Crippen LogP contribution in [0.4, 0.5) is 5.69 Å². The van der Waals surface area contributed by atoms with Crippen LogP contribution in [-0.2, 0) is 0 Å². The topological polar surface area (TPSA) is 44.4 Å². The third-order valence-electron chi connectivity index (χ3n) is 4.38. The van der Waals surface area contributed by atoms with Gasteiger partial charge >= 0.3 is 0 Å². The second kappa shape index (κ2) is 5.44. The predicted molar refractivity (Wildman–Crippen MR) is 81.2 cm³/mol. The summed E-state index contributed by atoms with van der Waals surface area (Å²) in [7, 11) is 1.90. The van der Waals surface area contributed by atoms with E-state index in [4.69, 9.17) is 0 Å². The Morgan fingerprint density at radius 2 is 2.10 bits per heavy atom. The minimum Gasteiger partial charge on any atom is -0.388 e. The van der Waals surface area contributed by atoms with Gasteiger partial charge in [-0.25, -0.2) is 0 Å². The van der Waals surface area contributed by atoms with Gasteiger partial charge in [-0.1, -0.05) is 0 Å². The Balaban J connectivity index is 1.60. The Bertz CT molecular complexity index is 510. The van der Waals surface area contributed by atoms with Crippen molar-refractivity contribution >= 4 is 11.6 Å². The third-order valence-corrected chi connectivity index (χ3v) is 4.38. The lowest BCUT2D eigenvalue weighted by molar-refractivity contribution is 0.0937. The zero-order chi connectivity index (χ0) is 14.1. The van der Waals surface area contributed by atoms with Crippen molar-refractivity contribution in [2.24, 2.45) is 0 Å². The molecule has 0 bridgehead atoms. The van der Waals surface area contributed by atoms with Crippen LogP contribution in [0.2, 0.25) is 0 Å². The van der Waals surface area contributed by atoms with Gasteiger partial charge in [-0.2, -0.15) is 0 Å². The number of aryl methyl sites for hydroxylation is 1. The van der Waals surface area contributed by atoms with Crippen LogP contribution in [0.5, 0.6) is 0 Å². The zero-order valence-corrected chi connectivity index (χ0v) is 12.3. The van der Waals surface area contributed by atoms with E-state index in [-0.39, 0.29) is 5.91 Å². The number of carbonyl (C=O) groups excluding carboxylic acids is 1. The summed E-state index contributed by atoms with van der Waals surface area (Å²) < 4.78 is 0. The maximum atomic E-state index is 12.3. The molecule has 4 nitrogen and oxygen atoms in total. The van der Waals surface area contributed by atoms with Crippen LogP contribution in [-0.4, -0.2) is 43.0 Å². The maximum absolute atomic E-state index is 12.3. The molecule has 1 aliphatic carbocycles. The van der Waals surface area contributed by atoms with Crippen LogP contribution in [0.25, 0.3) is 0 Å². The molecule has 4 heteroatoms. The lowest BCUT2D eigenvalue weighted by Crippen LogP contribution is -2.37. The molecule has 0 spiro atoms. The normalized spacial score (nSPS) is 22.8. The number of carbonyl (C=O) groups is 1. The smallest absolute Gasteiger partial charge is 0.251 e. The Morgan fingerprint density at radius 3 is 2.75 bits per heavy atom. The number of anilines is 1. The van der Waals surface area contributed by atoms with E-state index in [1.165, 1.54) is 12.8 Å². The Kier molecular flexibility index (Phi) is 3.66. The molecule has 1 saturated carbocycles. The highest BCUT2D eigenvalue weighted by molar-refractivity contribution is 5.95. The predicted octanol–water partition coefficient (Wildman–Crippen LogP) is 2.00. The molecule has 1 aromatic carbocycles. The summed E-state index contributed by atoms with van der Waals surface area (Å²) in [5.74, 6) is 0.0541. The molecule has 1 amide bonds. The molecule has 1 aromatic rings. The largest absolute Gasteiger partial charge is 0.388 e. The van der Waals surface area contributed by atoms with E-state index in [2.05, 4.69) is 15.5 Å². The van der Waals surface area contributed by atoms with E-state index in [9.17, 15) is 4.79 Å². The Labute approximate surface area is 120 Å². The van der Waals surface area contributed by atoms with Crippen LogP contribution < -0.4 is 10.6 Å². The molecule has 0 aromatic heterocycles. The fourth-order valence-corrected chi connectivity index (χ4v) is 3.03. The van der Waals surface area contributed by atoms with Gasteiger partial charge in [-0.15, -0.1) is 0 Å². The molecule has 1 saturated heterocycles. The van der Waals surface area contributed by atoms with Gasteiger partial charge in [0, 0.05) is 43.5 Å². The van der Waals surface area contributed by atoms with Gasteiger partial charge < -0.3 is 10.6 Å². The molecule has 1 heterocycles. The van der Waals surface area contributed by atoms with Crippen molar-refractivity contribution in [3.8, 4) is 0 Å². The molecular weight excluding hydrogens is 250 g/mol. The molecule has 108 valence electrons. The summed E-state index contributed by atoms with van der Waals surface area (Å²) in [6.07, 6.45) is 3.76. The van der Waals surface area contributed by atoms with E-state index < -0.39 is 0 Å². The summed E-state index contributed by atoms with van der Waals surface area (Å²) in [6.45, 7) is 4.17. The van der Waals surface area contributed by atoms with Gasteiger partial charge in [0.1, 0.15) is 0 Å². The molecule has 2 N–H and O–H groups in total. The van der Waals surface area contributed by atoms with Crippen LogP contribution in [0.1, 0.15) is 35.2 Å². The highest BCUT2D eigenvalue weighted by atomic mass is 16.1. The van der Waals surface area contributed by atoms with Crippen LogP contribution in [0, 0.1) is 6.92 Å². The average molecular weight is 273 g/mol. The first-order valence-electron chi connectivity index (χ1n) is 7.50. The number of nitrogens with zero attached hydrogens (tertiary/aromatic N) is 1. The monoisotopic (exact) mass is 273 g/mol. The molecule has 1 unspecified atom stereocenters. The van der Waals surface area contributed by atoms with Crippen molar-refractivity contribution in [1.82, 2.24) is 10.2 Å². The summed E-state index contributed by atoms with van der Waals surface area (Å²) in [5.41, 5.74) is 2.93. The lowest BCUT2D eigenvalue weighted by atomic mass is 10.1. The van der Waals surface area contributed by atoms with E-state index in [1.54, 1.807) is 0 Å². The van der Waals surface area contributed by atoms with Crippen molar-refractivity contribution in [2.45, 2.75) is 38.3 Å².